The van der Waals surface area contributed by atoms with Crippen LogP contribution in [0.5, 0.6) is 0 Å². The van der Waals surface area contributed by atoms with Gasteiger partial charge in [0.2, 0.25) is 10.4 Å². The van der Waals surface area contributed by atoms with Gasteiger partial charge in [-0.1, -0.05) is 77.6 Å². The third-order valence-corrected chi connectivity index (χ3v) is 4.61. The van der Waals surface area contributed by atoms with Crippen LogP contribution < -0.4 is 5.32 Å². The lowest BCUT2D eigenvalue weighted by atomic mass is 10.1. The molecule has 1 rings (SSSR count). The van der Waals surface area contributed by atoms with Gasteiger partial charge in [0.05, 0.1) is 32.9 Å². The van der Waals surface area contributed by atoms with E-state index in [0.717, 1.165) is 39.1 Å². The fourth-order valence-corrected chi connectivity index (χ4v) is 3.01. The minimum absolute atomic E-state index is 0.0310. The largest absolute Gasteiger partial charge is 0.726 e. The van der Waals surface area contributed by atoms with Crippen molar-refractivity contribution in [1.82, 2.24) is 0 Å². The molecule has 2 N–H and O–H groups in total. The first-order valence-electron chi connectivity index (χ1n) is 10.1. The molecule has 1 aliphatic heterocycles. The summed E-state index contributed by atoms with van der Waals surface area (Å²) in [6.45, 7) is 6.46. The Kier molecular flexibility index (Phi) is 18.4. The number of quaternary nitrogens is 1. The summed E-state index contributed by atoms with van der Waals surface area (Å²) >= 11 is 0. The van der Waals surface area contributed by atoms with Crippen molar-refractivity contribution in [2.45, 2.75) is 84.0 Å². The molecule has 0 unspecified atom stereocenters. The van der Waals surface area contributed by atoms with Crippen molar-refractivity contribution in [2.75, 3.05) is 32.9 Å². The van der Waals surface area contributed by atoms with Crippen LogP contribution in [-0.4, -0.2) is 45.9 Å². The molecule has 0 bridgehead atoms. The second-order valence-corrected chi connectivity index (χ2v) is 7.65. The molecule has 7 heteroatoms. The van der Waals surface area contributed by atoms with E-state index in [2.05, 4.69) is 16.4 Å². The maximum absolute atomic E-state index is 10.2. The Hall–Kier alpha value is -0.210. The van der Waals surface area contributed by atoms with Gasteiger partial charge in [-0.05, 0) is 6.42 Å². The average molecular weight is 382 g/mol. The number of rotatable bonds is 14. The van der Waals surface area contributed by atoms with Gasteiger partial charge in [0, 0.05) is 0 Å². The molecule has 0 saturated carbocycles. The van der Waals surface area contributed by atoms with Gasteiger partial charge < -0.3 is 14.6 Å². The van der Waals surface area contributed by atoms with Crippen LogP contribution in [0.25, 0.3) is 0 Å². The molecule has 0 radical (unpaired) electrons. The van der Waals surface area contributed by atoms with E-state index < -0.39 is 10.4 Å². The van der Waals surface area contributed by atoms with Gasteiger partial charge in [0.15, 0.2) is 0 Å². The van der Waals surface area contributed by atoms with E-state index in [9.17, 15) is 13.0 Å². The highest BCUT2D eigenvalue weighted by Crippen LogP contribution is 2.11. The van der Waals surface area contributed by atoms with Gasteiger partial charge >= 0.3 is 0 Å². The smallest absolute Gasteiger partial charge is 0.217 e. The molecule has 1 saturated heterocycles. The van der Waals surface area contributed by atoms with Crippen LogP contribution in [0.15, 0.2) is 0 Å². The molecule has 1 aliphatic rings. The van der Waals surface area contributed by atoms with Gasteiger partial charge in [0.25, 0.3) is 0 Å². The summed E-state index contributed by atoms with van der Waals surface area (Å²) < 4.78 is 39.6. The van der Waals surface area contributed by atoms with Gasteiger partial charge in [-0.25, -0.2) is 8.42 Å². The first-order chi connectivity index (χ1) is 12.1. The van der Waals surface area contributed by atoms with Crippen molar-refractivity contribution in [2.24, 2.45) is 0 Å². The molecule has 1 heterocycles. The van der Waals surface area contributed by atoms with Crippen LogP contribution in [0, 0.1) is 0 Å². The summed E-state index contributed by atoms with van der Waals surface area (Å²) in [5.74, 6) is 0. The van der Waals surface area contributed by atoms with Crippen LogP contribution in [0.3, 0.4) is 0 Å². The molecule has 0 aromatic rings. The van der Waals surface area contributed by atoms with Gasteiger partial charge in [-0.15, -0.1) is 0 Å². The minimum Gasteiger partial charge on any atom is -0.726 e. The van der Waals surface area contributed by atoms with E-state index in [-0.39, 0.29) is 6.61 Å². The Bertz CT molecular complexity index is 347. The number of nitrogens with two attached hydrogens (primary N) is 1. The standard InChI is InChI=1S/C14H30O4S.C4H9NO/c1-2-3-4-5-6-7-8-9-10-11-12-13-14-18-19(15,16)17;1-3-6-4-2-5-1/h2-14H2,1H3,(H,15,16,17);5H,1-4H2. The number of hydrogen-bond acceptors (Lipinski definition) is 5. The molecule has 1 fully saturated rings. The molecule has 0 aromatic heterocycles. The normalized spacial score (nSPS) is 14.8. The SMILES string of the molecule is C1COCC[NH2+]1.CCCCCCCCCCCCCCOS(=O)(=O)[O-]. The lowest BCUT2D eigenvalue weighted by molar-refractivity contribution is -0.670. The minimum atomic E-state index is -4.49. The Labute approximate surface area is 155 Å². The Morgan fingerprint density at radius 3 is 1.60 bits per heavy atom. The molecule has 25 heavy (non-hydrogen) atoms. The summed E-state index contributed by atoms with van der Waals surface area (Å²) in [6.07, 6.45) is 14.5. The fraction of sp³-hybridized carbons (Fsp3) is 1.00. The van der Waals surface area contributed by atoms with Crippen LogP contribution in [0.4, 0.5) is 0 Å². The molecule has 0 aromatic carbocycles. The Balaban J connectivity index is 0.000000796. The zero-order valence-corrected chi connectivity index (χ0v) is 16.9. The zero-order chi connectivity index (χ0) is 18.6. The first-order valence-corrected chi connectivity index (χ1v) is 11.4. The molecule has 0 aliphatic carbocycles. The third kappa shape index (κ3) is 23.8. The summed E-state index contributed by atoms with van der Waals surface area (Å²) in [6, 6.07) is 0. The van der Waals surface area contributed by atoms with Crippen LogP contribution >= 0.6 is 0 Å². The van der Waals surface area contributed by atoms with Gasteiger partial charge in [0.1, 0.15) is 0 Å². The predicted octanol–water partition coefficient (Wildman–Crippen LogP) is 2.74. The predicted molar refractivity (Wildman–Crippen MR) is 99.2 cm³/mol. The number of ether oxygens (including phenoxy) is 1. The lowest BCUT2D eigenvalue weighted by Crippen LogP contribution is -2.87. The second kappa shape index (κ2) is 18.6. The van der Waals surface area contributed by atoms with Crippen LogP contribution in [-0.2, 0) is 19.3 Å². The van der Waals surface area contributed by atoms with E-state index in [1.807, 2.05) is 0 Å². The van der Waals surface area contributed by atoms with Crippen molar-refractivity contribution in [3.05, 3.63) is 0 Å². The highest BCUT2D eigenvalue weighted by Gasteiger charge is 1.97. The monoisotopic (exact) mass is 381 g/mol. The highest BCUT2D eigenvalue weighted by atomic mass is 32.3. The maximum Gasteiger partial charge on any atom is 0.217 e. The molecule has 152 valence electrons. The third-order valence-electron chi connectivity index (χ3n) is 4.16. The maximum atomic E-state index is 10.2. The molecule has 0 spiro atoms. The van der Waals surface area contributed by atoms with Crippen LogP contribution in [0.2, 0.25) is 0 Å². The Morgan fingerprint density at radius 1 is 0.840 bits per heavy atom. The summed E-state index contributed by atoms with van der Waals surface area (Å²) in [5, 5.41) is 2.27. The van der Waals surface area contributed by atoms with Crippen molar-refractivity contribution in [3.63, 3.8) is 0 Å². The Morgan fingerprint density at radius 2 is 1.28 bits per heavy atom. The molecular weight excluding hydrogens is 342 g/mol. The van der Waals surface area contributed by atoms with Gasteiger partial charge in [-0.2, -0.15) is 0 Å². The van der Waals surface area contributed by atoms with E-state index in [0.29, 0.717) is 6.42 Å². The molecule has 0 atom stereocenters. The number of unbranched alkanes of at least 4 members (excludes halogenated alkanes) is 11. The van der Waals surface area contributed by atoms with Crippen molar-refractivity contribution in [1.29, 1.82) is 0 Å². The average Bonchev–Trinajstić information content (AvgIpc) is 2.60. The molecule has 6 nitrogen and oxygen atoms in total. The van der Waals surface area contributed by atoms with Gasteiger partial charge in [-0.3, -0.25) is 4.18 Å². The van der Waals surface area contributed by atoms with E-state index in [1.165, 1.54) is 57.8 Å². The zero-order valence-electron chi connectivity index (χ0n) is 16.0. The van der Waals surface area contributed by atoms with E-state index >= 15 is 0 Å². The second-order valence-electron chi connectivity index (χ2n) is 6.60. The van der Waals surface area contributed by atoms with Crippen molar-refractivity contribution >= 4 is 10.4 Å². The van der Waals surface area contributed by atoms with E-state index in [4.69, 9.17) is 4.74 Å². The molecular formula is C18H39NO5S. The summed E-state index contributed by atoms with van der Waals surface area (Å²) in [7, 11) is -4.49. The highest BCUT2D eigenvalue weighted by molar-refractivity contribution is 7.80. The quantitative estimate of drug-likeness (QED) is 0.284. The number of hydrogen-bond donors (Lipinski definition) is 1. The lowest BCUT2D eigenvalue weighted by Gasteiger charge is -2.07. The number of morpholine rings is 1. The van der Waals surface area contributed by atoms with Crippen molar-refractivity contribution in [3.8, 4) is 0 Å². The molecule has 0 amide bonds. The summed E-state index contributed by atoms with van der Waals surface area (Å²) in [5.41, 5.74) is 0. The van der Waals surface area contributed by atoms with Crippen LogP contribution in [0.1, 0.15) is 84.0 Å². The summed E-state index contributed by atoms with van der Waals surface area (Å²) in [4.78, 5) is 0. The topological polar surface area (TPSA) is 92.3 Å². The van der Waals surface area contributed by atoms with Crippen molar-refractivity contribution < 1.29 is 27.2 Å². The first kappa shape index (κ1) is 24.8. The van der Waals surface area contributed by atoms with E-state index in [1.54, 1.807) is 0 Å². The fourth-order valence-electron chi connectivity index (χ4n) is 2.68.